The number of hydrogen-bond donors (Lipinski definition) is 1. The standard InChI is InChI=1S/C21H19ClF2N4O2/c22-16-4-2-1-3-15(16)20-26-19(30-27-20)12-28-9-7-13(8-10-28)21(29)25-18-6-5-14(23)11-17(18)24/h1-6,11,13H,7-10,12H2,(H,25,29). The Morgan fingerprint density at radius 1 is 1.20 bits per heavy atom. The molecule has 3 aromatic rings. The van der Waals surface area contributed by atoms with Gasteiger partial charge in [0.25, 0.3) is 0 Å². The van der Waals surface area contributed by atoms with Crippen LogP contribution in [-0.2, 0) is 11.3 Å². The molecule has 1 N–H and O–H groups in total. The van der Waals surface area contributed by atoms with E-state index in [2.05, 4.69) is 20.4 Å². The van der Waals surface area contributed by atoms with Crippen molar-refractivity contribution >= 4 is 23.2 Å². The molecule has 2 heterocycles. The second-order valence-corrected chi connectivity index (χ2v) is 7.56. The molecule has 9 heteroatoms. The van der Waals surface area contributed by atoms with E-state index in [4.69, 9.17) is 16.1 Å². The molecule has 4 rings (SSSR count). The van der Waals surface area contributed by atoms with Gasteiger partial charge in [-0.15, -0.1) is 0 Å². The molecule has 0 radical (unpaired) electrons. The van der Waals surface area contributed by atoms with Crippen LogP contribution in [0.2, 0.25) is 5.02 Å². The smallest absolute Gasteiger partial charge is 0.241 e. The summed E-state index contributed by atoms with van der Waals surface area (Å²) in [6.07, 6.45) is 1.22. The zero-order valence-electron chi connectivity index (χ0n) is 15.9. The molecule has 1 fully saturated rings. The number of hydrogen-bond acceptors (Lipinski definition) is 5. The second kappa shape index (κ2) is 8.89. The predicted molar refractivity (Wildman–Crippen MR) is 108 cm³/mol. The van der Waals surface area contributed by atoms with Gasteiger partial charge in [0.05, 0.1) is 17.3 Å². The van der Waals surface area contributed by atoms with Crippen LogP contribution in [0.15, 0.2) is 47.0 Å². The van der Waals surface area contributed by atoms with Crippen LogP contribution in [0.4, 0.5) is 14.5 Å². The Morgan fingerprint density at radius 3 is 2.70 bits per heavy atom. The first-order chi connectivity index (χ1) is 14.5. The summed E-state index contributed by atoms with van der Waals surface area (Å²) in [5.74, 6) is -1.07. The molecule has 1 aliphatic heterocycles. The lowest BCUT2D eigenvalue weighted by molar-refractivity contribution is -0.121. The highest BCUT2D eigenvalue weighted by molar-refractivity contribution is 6.33. The first kappa shape index (κ1) is 20.4. The van der Waals surface area contributed by atoms with Gasteiger partial charge in [0.15, 0.2) is 0 Å². The van der Waals surface area contributed by atoms with Crippen molar-refractivity contribution in [3.8, 4) is 11.4 Å². The van der Waals surface area contributed by atoms with E-state index in [0.29, 0.717) is 54.8 Å². The molecule has 0 atom stereocenters. The van der Waals surface area contributed by atoms with E-state index in [0.717, 1.165) is 12.1 Å². The number of aromatic nitrogens is 2. The number of nitrogens with one attached hydrogen (secondary N) is 1. The maximum absolute atomic E-state index is 13.7. The van der Waals surface area contributed by atoms with Crippen molar-refractivity contribution in [2.75, 3.05) is 18.4 Å². The van der Waals surface area contributed by atoms with Gasteiger partial charge < -0.3 is 9.84 Å². The lowest BCUT2D eigenvalue weighted by Gasteiger charge is -2.30. The van der Waals surface area contributed by atoms with Crippen molar-refractivity contribution in [3.63, 3.8) is 0 Å². The molecule has 30 heavy (non-hydrogen) atoms. The minimum atomic E-state index is -0.786. The van der Waals surface area contributed by atoms with Gasteiger partial charge in [-0.2, -0.15) is 4.98 Å². The normalized spacial score (nSPS) is 15.3. The number of rotatable bonds is 5. The quantitative estimate of drug-likeness (QED) is 0.642. The maximum Gasteiger partial charge on any atom is 0.241 e. The van der Waals surface area contributed by atoms with Crippen molar-refractivity contribution in [2.24, 2.45) is 5.92 Å². The molecule has 1 aromatic heterocycles. The van der Waals surface area contributed by atoms with Crippen molar-refractivity contribution in [3.05, 3.63) is 65.0 Å². The highest BCUT2D eigenvalue weighted by Gasteiger charge is 2.26. The van der Waals surface area contributed by atoms with Crippen LogP contribution in [0, 0.1) is 17.6 Å². The van der Waals surface area contributed by atoms with E-state index >= 15 is 0 Å². The molecule has 0 bridgehead atoms. The first-order valence-corrected chi connectivity index (χ1v) is 9.93. The van der Waals surface area contributed by atoms with Gasteiger partial charge in [-0.25, -0.2) is 8.78 Å². The lowest BCUT2D eigenvalue weighted by atomic mass is 9.96. The Hall–Kier alpha value is -2.84. The van der Waals surface area contributed by atoms with Crippen LogP contribution in [0.1, 0.15) is 18.7 Å². The average molecular weight is 433 g/mol. The van der Waals surface area contributed by atoms with Crippen molar-refractivity contribution in [1.82, 2.24) is 15.0 Å². The maximum atomic E-state index is 13.7. The summed E-state index contributed by atoms with van der Waals surface area (Å²) in [6, 6.07) is 10.4. The Bertz CT molecular complexity index is 1050. The molecule has 2 aromatic carbocycles. The van der Waals surface area contributed by atoms with Crippen LogP contribution in [0.5, 0.6) is 0 Å². The lowest BCUT2D eigenvalue weighted by Crippen LogP contribution is -2.37. The third-order valence-corrected chi connectivity index (χ3v) is 5.42. The summed E-state index contributed by atoms with van der Waals surface area (Å²) in [5.41, 5.74) is 0.694. The largest absolute Gasteiger partial charge is 0.338 e. The van der Waals surface area contributed by atoms with E-state index in [1.165, 1.54) is 6.07 Å². The molecule has 0 spiro atoms. The summed E-state index contributed by atoms with van der Waals surface area (Å²) in [7, 11) is 0. The van der Waals surface area contributed by atoms with Gasteiger partial charge in [0, 0.05) is 17.5 Å². The van der Waals surface area contributed by atoms with E-state index in [9.17, 15) is 13.6 Å². The van der Waals surface area contributed by atoms with Crippen LogP contribution in [0.3, 0.4) is 0 Å². The van der Waals surface area contributed by atoms with Gasteiger partial charge in [0.1, 0.15) is 11.6 Å². The van der Waals surface area contributed by atoms with E-state index in [-0.39, 0.29) is 17.5 Å². The predicted octanol–water partition coefficient (Wildman–Crippen LogP) is 4.52. The highest BCUT2D eigenvalue weighted by atomic mass is 35.5. The van der Waals surface area contributed by atoms with Gasteiger partial charge in [-0.3, -0.25) is 9.69 Å². The zero-order valence-corrected chi connectivity index (χ0v) is 16.7. The van der Waals surface area contributed by atoms with Gasteiger partial charge in [-0.1, -0.05) is 28.9 Å². The van der Waals surface area contributed by atoms with Crippen molar-refractivity contribution < 1.29 is 18.1 Å². The Labute approximate surface area is 176 Å². The number of benzene rings is 2. The zero-order chi connectivity index (χ0) is 21.1. The number of nitrogens with zero attached hydrogens (tertiary/aromatic N) is 3. The molecule has 6 nitrogen and oxygen atoms in total. The van der Waals surface area contributed by atoms with Gasteiger partial charge in [-0.05, 0) is 50.2 Å². The number of anilines is 1. The fraction of sp³-hybridized carbons (Fsp3) is 0.286. The average Bonchev–Trinajstić information content (AvgIpc) is 3.19. The third-order valence-electron chi connectivity index (χ3n) is 5.09. The molecule has 0 aliphatic carbocycles. The summed E-state index contributed by atoms with van der Waals surface area (Å²) in [6.45, 7) is 1.79. The van der Waals surface area contributed by atoms with E-state index in [1.807, 2.05) is 18.2 Å². The molecular weight excluding hydrogens is 414 g/mol. The minimum absolute atomic E-state index is 0.0122. The summed E-state index contributed by atoms with van der Waals surface area (Å²) in [5, 5.41) is 7.09. The Balaban J connectivity index is 1.31. The number of likely N-dealkylation sites (tertiary alicyclic amines) is 1. The molecule has 0 unspecified atom stereocenters. The van der Waals surface area contributed by atoms with Crippen molar-refractivity contribution in [1.29, 1.82) is 0 Å². The number of halogens is 3. The number of carbonyl (C=O) groups excluding carboxylic acids is 1. The molecule has 1 saturated heterocycles. The summed E-state index contributed by atoms with van der Waals surface area (Å²) in [4.78, 5) is 18.9. The van der Waals surface area contributed by atoms with E-state index in [1.54, 1.807) is 6.07 Å². The van der Waals surface area contributed by atoms with Gasteiger partial charge in [0.2, 0.25) is 17.6 Å². The SMILES string of the molecule is O=C(Nc1ccc(F)cc1F)C1CCN(Cc2nc(-c3ccccc3Cl)no2)CC1. The van der Waals surface area contributed by atoms with Crippen LogP contribution < -0.4 is 5.32 Å². The van der Waals surface area contributed by atoms with Gasteiger partial charge >= 0.3 is 0 Å². The first-order valence-electron chi connectivity index (χ1n) is 9.55. The highest BCUT2D eigenvalue weighted by Crippen LogP contribution is 2.26. The molecule has 1 aliphatic rings. The summed E-state index contributed by atoms with van der Waals surface area (Å²) < 4.78 is 32.1. The minimum Gasteiger partial charge on any atom is -0.338 e. The molecule has 156 valence electrons. The fourth-order valence-electron chi connectivity index (χ4n) is 3.44. The Morgan fingerprint density at radius 2 is 1.97 bits per heavy atom. The topological polar surface area (TPSA) is 71.3 Å². The number of piperidine rings is 1. The summed E-state index contributed by atoms with van der Waals surface area (Å²) >= 11 is 6.17. The number of carbonyl (C=O) groups is 1. The second-order valence-electron chi connectivity index (χ2n) is 7.16. The van der Waals surface area contributed by atoms with E-state index < -0.39 is 11.6 Å². The van der Waals surface area contributed by atoms with Crippen LogP contribution in [-0.4, -0.2) is 34.0 Å². The van der Waals surface area contributed by atoms with Crippen LogP contribution in [0.25, 0.3) is 11.4 Å². The Kier molecular flexibility index (Phi) is 6.06. The van der Waals surface area contributed by atoms with Crippen LogP contribution >= 0.6 is 11.6 Å². The monoisotopic (exact) mass is 432 g/mol. The molecule has 1 amide bonds. The van der Waals surface area contributed by atoms with Crippen molar-refractivity contribution in [2.45, 2.75) is 19.4 Å². The fourth-order valence-corrected chi connectivity index (χ4v) is 3.66. The molecular formula is C21H19ClF2N4O2. The molecule has 0 saturated carbocycles. The third kappa shape index (κ3) is 4.66. The number of amides is 1.